The van der Waals surface area contributed by atoms with Gasteiger partial charge < -0.3 is 5.11 Å². The third-order valence-electron chi connectivity index (χ3n) is 2.48. The Labute approximate surface area is 116 Å². The van der Waals surface area contributed by atoms with Gasteiger partial charge in [0.2, 0.25) is 0 Å². The molecule has 8 heteroatoms. The van der Waals surface area contributed by atoms with Crippen LogP contribution in [0, 0.1) is 0 Å². The second kappa shape index (κ2) is 5.66. The van der Waals surface area contributed by atoms with Crippen molar-refractivity contribution in [3.8, 4) is 5.06 Å². The van der Waals surface area contributed by atoms with Gasteiger partial charge in [0.25, 0.3) is 5.56 Å². The molecule has 0 aromatic carbocycles. The summed E-state index contributed by atoms with van der Waals surface area (Å²) in [5, 5.41) is 13.1. The lowest BCUT2D eigenvalue weighted by Gasteiger charge is -1.96. The Morgan fingerprint density at radius 1 is 1.55 bits per heavy atom. The van der Waals surface area contributed by atoms with E-state index in [1.807, 2.05) is 11.9 Å². The van der Waals surface area contributed by atoms with Gasteiger partial charge in [0.1, 0.15) is 5.56 Å². The van der Waals surface area contributed by atoms with Crippen molar-refractivity contribution in [3.63, 3.8) is 0 Å². The zero-order valence-corrected chi connectivity index (χ0v) is 11.3. The van der Waals surface area contributed by atoms with Crippen molar-refractivity contribution in [1.82, 2.24) is 14.8 Å². The number of nitrogens with one attached hydrogen (secondary N) is 1. The average molecular weight is 293 g/mol. The van der Waals surface area contributed by atoms with E-state index in [0.717, 1.165) is 6.08 Å². The van der Waals surface area contributed by atoms with E-state index in [-0.39, 0.29) is 0 Å². The molecule has 2 heterocycles. The minimum absolute atomic E-state index is 0.401. The summed E-state index contributed by atoms with van der Waals surface area (Å²) in [7, 11) is 0. The lowest BCUT2D eigenvalue weighted by atomic mass is 10.2. The highest BCUT2D eigenvalue weighted by Crippen LogP contribution is 2.15. The van der Waals surface area contributed by atoms with Crippen LogP contribution < -0.4 is 10.4 Å². The molecule has 0 aliphatic rings. The Balaban J connectivity index is 2.29. The van der Waals surface area contributed by atoms with Crippen molar-refractivity contribution in [2.24, 2.45) is 0 Å². The first-order valence-electron chi connectivity index (χ1n) is 5.73. The number of aromatic nitrogens is 3. The van der Waals surface area contributed by atoms with E-state index >= 15 is 0 Å². The number of allylic oxidation sites excluding steroid dienone is 1. The predicted octanol–water partition coefficient (Wildman–Crippen LogP) is 0.615. The first kappa shape index (κ1) is 13.9. The molecule has 0 saturated heterocycles. The lowest BCUT2D eigenvalue weighted by molar-refractivity contribution is 0.104. The molecule has 0 radical (unpaired) electrons. The summed E-state index contributed by atoms with van der Waals surface area (Å²) in [6, 6.07) is 1.71. The van der Waals surface area contributed by atoms with Gasteiger partial charge in [-0.1, -0.05) is 0 Å². The van der Waals surface area contributed by atoms with Crippen LogP contribution in [0.2, 0.25) is 0 Å². The largest absolute Gasteiger partial charge is 0.499 e. The first-order chi connectivity index (χ1) is 9.51. The zero-order valence-electron chi connectivity index (χ0n) is 10.5. The van der Waals surface area contributed by atoms with Crippen molar-refractivity contribution in [3.05, 3.63) is 49.6 Å². The predicted molar refractivity (Wildman–Crippen MR) is 74.1 cm³/mol. The van der Waals surface area contributed by atoms with E-state index in [1.165, 1.54) is 6.08 Å². The highest BCUT2D eigenvalue weighted by molar-refractivity contribution is 7.11. The van der Waals surface area contributed by atoms with Crippen LogP contribution >= 0.6 is 11.3 Å². The molecule has 0 bridgehead atoms. The number of rotatable bonds is 4. The van der Waals surface area contributed by atoms with Crippen LogP contribution in [0.25, 0.3) is 6.08 Å². The third-order valence-corrected chi connectivity index (χ3v) is 3.17. The van der Waals surface area contributed by atoms with Crippen LogP contribution in [-0.4, -0.2) is 25.7 Å². The molecule has 0 amide bonds. The maximum Gasteiger partial charge on any atom is 0.310 e. The average Bonchev–Trinajstić information content (AvgIpc) is 2.83. The second-order valence-corrected chi connectivity index (χ2v) is 4.78. The molecule has 2 aromatic rings. The van der Waals surface area contributed by atoms with E-state index in [4.69, 9.17) is 0 Å². The summed E-state index contributed by atoms with van der Waals surface area (Å²) >= 11 is 0.401. The fourth-order valence-electron chi connectivity index (χ4n) is 1.52. The molecule has 2 aromatic heterocycles. The monoisotopic (exact) mass is 293 g/mol. The second-order valence-electron chi connectivity index (χ2n) is 3.82. The van der Waals surface area contributed by atoms with E-state index < -0.39 is 26.8 Å². The summed E-state index contributed by atoms with van der Waals surface area (Å²) in [6.07, 6.45) is 4.32. The highest BCUT2D eigenvalue weighted by atomic mass is 32.1. The normalized spacial score (nSPS) is 11.1. The number of H-pyrrole nitrogens is 1. The number of carbonyl (C=O) groups excluding carboxylic acids is 1. The summed E-state index contributed by atoms with van der Waals surface area (Å²) in [5.74, 6) is -0.689. The van der Waals surface area contributed by atoms with Gasteiger partial charge in [0.05, 0.1) is 5.69 Å². The summed E-state index contributed by atoms with van der Waals surface area (Å²) in [4.78, 5) is 35.5. The van der Waals surface area contributed by atoms with Crippen LogP contribution in [0.1, 0.15) is 23.0 Å². The molecular formula is C12H11N3O4S. The minimum Gasteiger partial charge on any atom is -0.499 e. The molecule has 2 rings (SSSR count). The highest BCUT2D eigenvalue weighted by Gasteiger charge is 2.15. The number of aromatic amines is 1. The smallest absolute Gasteiger partial charge is 0.310 e. The molecule has 0 fully saturated rings. The Kier molecular flexibility index (Phi) is 3.94. The van der Waals surface area contributed by atoms with Crippen LogP contribution in [-0.2, 0) is 6.54 Å². The Morgan fingerprint density at radius 2 is 2.30 bits per heavy atom. The zero-order chi connectivity index (χ0) is 14.7. The van der Waals surface area contributed by atoms with Gasteiger partial charge >= 0.3 is 4.87 Å². The molecule has 2 N–H and O–H groups in total. The van der Waals surface area contributed by atoms with Crippen molar-refractivity contribution in [1.29, 1.82) is 0 Å². The van der Waals surface area contributed by atoms with Crippen molar-refractivity contribution < 1.29 is 9.90 Å². The Morgan fingerprint density at radius 3 is 2.90 bits per heavy atom. The number of aryl methyl sites for hydroxylation is 1. The standard InChI is InChI=1S/C12H11N3O4S/c1-2-15-6-5-7(14-15)3-4-8(16)9-10(17)13-12(19)20-11(9)18/h3-6,18H,2H2,1H3,(H,13,17,19). The SMILES string of the molecule is CCn1ccc(C=CC(=O)c2c(O)sc(=O)[nH]c2=O)n1. The maximum absolute atomic E-state index is 11.9. The van der Waals surface area contributed by atoms with E-state index in [9.17, 15) is 19.5 Å². The molecule has 0 aliphatic heterocycles. The molecule has 0 spiro atoms. The number of hydrogen-bond acceptors (Lipinski definition) is 6. The number of aromatic hydroxyl groups is 1. The van der Waals surface area contributed by atoms with Crippen LogP contribution in [0.15, 0.2) is 27.9 Å². The summed E-state index contributed by atoms with van der Waals surface area (Å²) in [5.41, 5.74) is -0.791. The fourth-order valence-corrected chi connectivity index (χ4v) is 2.14. The molecule has 20 heavy (non-hydrogen) atoms. The van der Waals surface area contributed by atoms with Gasteiger partial charge in [0.15, 0.2) is 10.8 Å². The van der Waals surface area contributed by atoms with Gasteiger partial charge in [-0.3, -0.25) is 24.0 Å². The Hall–Kier alpha value is -2.48. The van der Waals surface area contributed by atoms with E-state index in [0.29, 0.717) is 23.6 Å². The fraction of sp³-hybridized carbons (Fsp3) is 0.167. The van der Waals surface area contributed by atoms with Crippen molar-refractivity contribution >= 4 is 23.2 Å². The van der Waals surface area contributed by atoms with E-state index in [2.05, 4.69) is 5.10 Å². The summed E-state index contributed by atoms with van der Waals surface area (Å²) in [6.45, 7) is 2.63. The van der Waals surface area contributed by atoms with Gasteiger partial charge in [-0.05, 0) is 36.5 Å². The number of hydrogen-bond donors (Lipinski definition) is 2. The summed E-state index contributed by atoms with van der Waals surface area (Å²) < 4.78 is 1.68. The molecule has 0 aliphatic carbocycles. The minimum atomic E-state index is -0.903. The number of nitrogens with zero attached hydrogens (tertiary/aromatic N) is 2. The van der Waals surface area contributed by atoms with Crippen LogP contribution in [0.5, 0.6) is 5.06 Å². The molecular weight excluding hydrogens is 282 g/mol. The Bertz CT molecular complexity index is 784. The van der Waals surface area contributed by atoms with Crippen molar-refractivity contribution in [2.75, 3.05) is 0 Å². The maximum atomic E-state index is 11.9. The van der Waals surface area contributed by atoms with Gasteiger partial charge in [0, 0.05) is 12.7 Å². The number of carbonyl (C=O) groups is 1. The molecule has 104 valence electrons. The molecule has 0 saturated carbocycles. The van der Waals surface area contributed by atoms with Gasteiger partial charge in [-0.25, -0.2) is 0 Å². The van der Waals surface area contributed by atoms with E-state index in [1.54, 1.807) is 16.9 Å². The number of ketones is 1. The first-order valence-corrected chi connectivity index (χ1v) is 6.55. The molecule has 0 atom stereocenters. The quantitative estimate of drug-likeness (QED) is 0.635. The van der Waals surface area contributed by atoms with Crippen LogP contribution in [0.3, 0.4) is 0 Å². The topological polar surface area (TPSA) is 105 Å². The lowest BCUT2D eigenvalue weighted by Crippen LogP contribution is -2.22. The van der Waals surface area contributed by atoms with Gasteiger partial charge in [-0.15, -0.1) is 0 Å². The third kappa shape index (κ3) is 2.91. The van der Waals surface area contributed by atoms with Crippen molar-refractivity contribution in [2.45, 2.75) is 13.5 Å². The molecule has 7 nitrogen and oxygen atoms in total. The van der Waals surface area contributed by atoms with Crippen LogP contribution in [0.4, 0.5) is 0 Å². The van der Waals surface area contributed by atoms with Gasteiger partial charge in [-0.2, -0.15) is 5.10 Å². The molecule has 0 unspecified atom stereocenters.